The van der Waals surface area contributed by atoms with E-state index in [1.807, 2.05) is 55.5 Å². The molecule has 0 radical (unpaired) electrons. The first kappa shape index (κ1) is 18.6. The summed E-state index contributed by atoms with van der Waals surface area (Å²) in [6, 6.07) is 15.4. The van der Waals surface area contributed by atoms with E-state index in [-0.39, 0.29) is 22.2 Å². The van der Waals surface area contributed by atoms with Crippen LogP contribution in [0.4, 0.5) is 5.82 Å². The fourth-order valence-corrected chi connectivity index (χ4v) is 3.91. The molecule has 1 fully saturated rings. The van der Waals surface area contributed by atoms with Gasteiger partial charge in [0, 0.05) is 14.6 Å². The lowest BCUT2D eigenvalue weighted by Crippen LogP contribution is -2.28. The Bertz CT molecular complexity index is 1150. The SMILES string of the molecule is Cc1cc(-c2cccc(CO)c2)cnc1NC(=O)C1(c2ccc3c(c2)OCO3)CC1.[HH].[HH]. The van der Waals surface area contributed by atoms with Crippen molar-refractivity contribution in [3.05, 3.63) is 71.4 Å². The quantitative estimate of drug-likeness (QED) is 0.655. The summed E-state index contributed by atoms with van der Waals surface area (Å²) < 4.78 is 10.8. The van der Waals surface area contributed by atoms with Crippen LogP contribution >= 0.6 is 0 Å². The van der Waals surface area contributed by atoms with Crippen LogP contribution in [-0.4, -0.2) is 22.8 Å². The average molecular weight is 406 g/mol. The summed E-state index contributed by atoms with van der Waals surface area (Å²) in [4.78, 5) is 17.6. The van der Waals surface area contributed by atoms with Crippen LogP contribution in [0.25, 0.3) is 11.1 Å². The summed E-state index contributed by atoms with van der Waals surface area (Å²) in [5.41, 5.74) is 4.06. The van der Waals surface area contributed by atoms with E-state index < -0.39 is 5.41 Å². The van der Waals surface area contributed by atoms with Gasteiger partial charge in [-0.3, -0.25) is 4.79 Å². The molecule has 6 nitrogen and oxygen atoms in total. The third-order valence-electron chi connectivity index (χ3n) is 5.86. The third-order valence-corrected chi connectivity index (χ3v) is 5.86. The Morgan fingerprint density at radius 1 is 1.13 bits per heavy atom. The van der Waals surface area contributed by atoms with Gasteiger partial charge in [0.25, 0.3) is 0 Å². The van der Waals surface area contributed by atoms with E-state index in [9.17, 15) is 9.90 Å². The fraction of sp³-hybridized carbons (Fsp3) is 0.250. The number of aliphatic hydroxyl groups is 1. The molecule has 3 aromatic rings. The highest BCUT2D eigenvalue weighted by Crippen LogP contribution is 2.51. The molecule has 2 aromatic carbocycles. The predicted octanol–water partition coefficient (Wildman–Crippen LogP) is 4.44. The van der Waals surface area contributed by atoms with Gasteiger partial charge in [0.2, 0.25) is 12.7 Å². The van der Waals surface area contributed by atoms with Crippen molar-refractivity contribution in [2.75, 3.05) is 12.1 Å². The van der Waals surface area contributed by atoms with Gasteiger partial charge in [-0.05, 0) is 66.3 Å². The van der Waals surface area contributed by atoms with Gasteiger partial charge in [0.1, 0.15) is 5.82 Å². The van der Waals surface area contributed by atoms with Crippen molar-refractivity contribution < 1.29 is 22.2 Å². The second-order valence-corrected chi connectivity index (χ2v) is 7.85. The molecule has 156 valence electrons. The molecule has 2 heterocycles. The Morgan fingerprint density at radius 2 is 1.97 bits per heavy atom. The van der Waals surface area contributed by atoms with E-state index in [2.05, 4.69) is 10.3 Å². The highest BCUT2D eigenvalue weighted by atomic mass is 16.7. The average Bonchev–Trinajstić information content (AvgIpc) is 3.46. The van der Waals surface area contributed by atoms with Crippen molar-refractivity contribution >= 4 is 11.7 Å². The van der Waals surface area contributed by atoms with Crippen molar-refractivity contribution in [2.24, 2.45) is 0 Å². The third kappa shape index (κ3) is 3.19. The smallest absolute Gasteiger partial charge is 0.236 e. The number of rotatable bonds is 5. The standard InChI is InChI=1S/C24H22N2O4.2H2/c1-15-9-18(17-4-2-3-16(10-17)13-27)12-25-22(15)26-23(28)24(7-8-24)19-5-6-20-21(11-19)30-14-29-20;;/h2-6,9-12,27H,7-8,13-14H2,1H3,(H,25,26,28);2*1H. The number of aryl methyl sites for hydroxylation is 1. The van der Waals surface area contributed by atoms with Crippen molar-refractivity contribution in [1.82, 2.24) is 4.98 Å². The van der Waals surface area contributed by atoms with Crippen LogP contribution in [0.15, 0.2) is 54.7 Å². The number of nitrogens with one attached hydrogen (secondary N) is 1. The molecule has 1 saturated carbocycles. The summed E-state index contributed by atoms with van der Waals surface area (Å²) in [5.74, 6) is 1.92. The molecule has 0 atom stereocenters. The Labute approximate surface area is 177 Å². The van der Waals surface area contributed by atoms with E-state index in [1.165, 1.54) is 0 Å². The number of benzene rings is 2. The zero-order valence-electron chi connectivity index (χ0n) is 16.6. The first-order valence-corrected chi connectivity index (χ1v) is 9.97. The number of ether oxygens (including phenoxy) is 2. The minimum atomic E-state index is -0.538. The number of fused-ring (bicyclic) bond motifs is 1. The summed E-state index contributed by atoms with van der Waals surface area (Å²) in [5, 5.41) is 12.4. The molecule has 5 rings (SSSR count). The fourth-order valence-electron chi connectivity index (χ4n) is 3.91. The van der Waals surface area contributed by atoms with Crippen LogP contribution in [-0.2, 0) is 16.8 Å². The number of nitrogens with zero attached hydrogens (tertiary/aromatic N) is 1. The molecule has 0 unspecified atom stereocenters. The molecule has 30 heavy (non-hydrogen) atoms. The summed E-state index contributed by atoms with van der Waals surface area (Å²) in [7, 11) is 0. The van der Waals surface area contributed by atoms with Gasteiger partial charge in [-0.2, -0.15) is 0 Å². The highest BCUT2D eigenvalue weighted by Gasteiger charge is 2.51. The van der Waals surface area contributed by atoms with E-state index in [0.29, 0.717) is 17.3 Å². The largest absolute Gasteiger partial charge is 0.454 e. The number of amides is 1. The normalized spacial score (nSPS) is 15.7. The van der Waals surface area contributed by atoms with Gasteiger partial charge >= 0.3 is 0 Å². The summed E-state index contributed by atoms with van der Waals surface area (Å²) in [6.07, 6.45) is 3.34. The minimum Gasteiger partial charge on any atom is -0.454 e. The topological polar surface area (TPSA) is 80.7 Å². The lowest BCUT2D eigenvalue weighted by Gasteiger charge is -2.17. The molecule has 0 spiro atoms. The summed E-state index contributed by atoms with van der Waals surface area (Å²) >= 11 is 0. The Hall–Kier alpha value is -3.38. The van der Waals surface area contributed by atoms with Crippen LogP contribution in [0.3, 0.4) is 0 Å². The molecule has 0 saturated heterocycles. The summed E-state index contributed by atoms with van der Waals surface area (Å²) in [6.45, 7) is 2.15. The zero-order chi connectivity index (χ0) is 20.7. The number of pyridine rings is 1. The maximum absolute atomic E-state index is 13.1. The van der Waals surface area contributed by atoms with Gasteiger partial charge in [-0.1, -0.05) is 24.3 Å². The van der Waals surface area contributed by atoms with Crippen LogP contribution < -0.4 is 14.8 Å². The molecule has 2 aliphatic rings. The number of aromatic nitrogens is 1. The monoisotopic (exact) mass is 406 g/mol. The predicted molar refractivity (Wildman–Crippen MR) is 117 cm³/mol. The Morgan fingerprint density at radius 3 is 2.73 bits per heavy atom. The molecular weight excluding hydrogens is 380 g/mol. The van der Waals surface area contributed by atoms with Crippen molar-refractivity contribution in [1.29, 1.82) is 0 Å². The van der Waals surface area contributed by atoms with Gasteiger partial charge in [0.05, 0.1) is 12.0 Å². The first-order chi connectivity index (χ1) is 14.6. The maximum atomic E-state index is 13.1. The second-order valence-electron chi connectivity index (χ2n) is 7.85. The van der Waals surface area contributed by atoms with E-state index in [4.69, 9.17) is 9.47 Å². The minimum absolute atomic E-state index is 0. The lowest BCUT2D eigenvalue weighted by molar-refractivity contribution is -0.118. The highest BCUT2D eigenvalue weighted by molar-refractivity contribution is 6.01. The number of carbonyl (C=O) groups is 1. The number of aliphatic hydroxyl groups excluding tert-OH is 1. The maximum Gasteiger partial charge on any atom is 0.236 e. The van der Waals surface area contributed by atoms with Gasteiger partial charge in [-0.25, -0.2) is 4.98 Å². The van der Waals surface area contributed by atoms with Crippen molar-refractivity contribution in [3.63, 3.8) is 0 Å². The zero-order valence-corrected chi connectivity index (χ0v) is 16.6. The Kier molecular flexibility index (Phi) is 4.44. The number of hydrogen-bond donors (Lipinski definition) is 2. The number of carbonyl (C=O) groups excluding carboxylic acids is 1. The van der Waals surface area contributed by atoms with E-state index in [1.54, 1.807) is 6.20 Å². The molecular formula is C24H26N2O4. The van der Waals surface area contributed by atoms with E-state index >= 15 is 0 Å². The second kappa shape index (κ2) is 7.15. The first-order valence-electron chi connectivity index (χ1n) is 9.97. The van der Waals surface area contributed by atoms with Crippen LogP contribution in [0, 0.1) is 6.92 Å². The molecule has 0 bridgehead atoms. The van der Waals surface area contributed by atoms with E-state index in [0.717, 1.165) is 40.7 Å². The Balaban J connectivity index is 0.00000144. The molecule has 2 N–H and O–H groups in total. The lowest BCUT2D eigenvalue weighted by atomic mass is 9.94. The van der Waals surface area contributed by atoms with Crippen molar-refractivity contribution in [2.45, 2.75) is 31.8 Å². The molecule has 1 aliphatic carbocycles. The number of anilines is 1. The molecule has 6 heteroatoms. The van der Waals surface area contributed by atoms with Crippen LogP contribution in [0.2, 0.25) is 0 Å². The van der Waals surface area contributed by atoms with Crippen LogP contribution in [0.1, 0.15) is 32.4 Å². The van der Waals surface area contributed by atoms with Gasteiger partial charge in [-0.15, -0.1) is 0 Å². The number of hydrogen-bond acceptors (Lipinski definition) is 5. The van der Waals surface area contributed by atoms with Crippen LogP contribution in [0.5, 0.6) is 11.5 Å². The van der Waals surface area contributed by atoms with Crippen molar-refractivity contribution in [3.8, 4) is 22.6 Å². The van der Waals surface area contributed by atoms with Gasteiger partial charge in [0.15, 0.2) is 11.5 Å². The molecule has 1 aromatic heterocycles. The molecule has 1 amide bonds. The van der Waals surface area contributed by atoms with Gasteiger partial charge < -0.3 is 19.9 Å². The molecule has 1 aliphatic heterocycles.